The Labute approximate surface area is 138 Å². The van der Waals surface area contributed by atoms with Crippen molar-refractivity contribution in [3.05, 3.63) is 24.0 Å². The predicted molar refractivity (Wildman–Crippen MR) is 93.0 cm³/mol. The molecule has 0 spiro atoms. The van der Waals surface area contributed by atoms with Gasteiger partial charge in [-0.05, 0) is 56.8 Å². The summed E-state index contributed by atoms with van der Waals surface area (Å²) in [4.78, 5) is 12.5. The Balaban J connectivity index is 2.07. The van der Waals surface area contributed by atoms with Gasteiger partial charge in [0, 0.05) is 12.5 Å². The molecule has 1 aromatic rings. The monoisotopic (exact) mass is 321 g/mol. The molecule has 0 aliphatic heterocycles. The molecule has 0 radical (unpaired) electrons. The van der Waals surface area contributed by atoms with Crippen LogP contribution < -0.4 is 16.4 Å². The molecule has 1 aliphatic carbocycles. The Hall–Kier alpha value is -1.62. The number of carbonyl (C=O) groups is 1. The van der Waals surface area contributed by atoms with Crippen LogP contribution in [0.2, 0.25) is 0 Å². The summed E-state index contributed by atoms with van der Waals surface area (Å²) in [6, 6.07) is 4.53. The van der Waals surface area contributed by atoms with Gasteiger partial charge in [-0.25, -0.2) is 4.39 Å². The van der Waals surface area contributed by atoms with E-state index in [0.717, 1.165) is 25.7 Å². The first-order valence-electron chi connectivity index (χ1n) is 8.50. The summed E-state index contributed by atoms with van der Waals surface area (Å²) in [5, 5.41) is 6.09. The molecule has 23 heavy (non-hydrogen) atoms. The van der Waals surface area contributed by atoms with Crippen LogP contribution in [0.1, 0.15) is 52.4 Å². The third kappa shape index (κ3) is 4.93. The molecule has 128 valence electrons. The van der Waals surface area contributed by atoms with E-state index in [-0.39, 0.29) is 23.2 Å². The summed E-state index contributed by atoms with van der Waals surface area (Å²) >= 11 is 0. The fourth-order valence-corrected chi connectivity index (χ4v) is 3.35. The smallest absolute Gasteiger partial charge is 0.225 e. The Morgan fingerprint density at radius 2 is 1.96 bits per heavy atom. The molecule has 1 fully saturated rings. The van der Waals surface area contributed by atoms with Crippen molar-refractivity contribution in [2.45, 2.75) is 58.4 Å². The minimum Gasteiger partial charge on any atom is -0.381 e. The highest BCUT2D eigenvalue weighted by molar-refractivity contribution is 5.94. The van der Waals surface area contributed by atoms with E-state index in [0.29, 0.717) is 24.3 Å². The molecule has 0 bridgehead atoms. The van der Waals surface area contributed by atoms with Gasteiger partial charge in [-0.3, -0.25) is 4.79 Å². The number of nitrogens with two attached hydrogens (primary N) is 1. The van der Waals surface area contributed by atoms with Crippen LogP contribution in [-0.2, 0) is 4.79 Å². The summed E-state index contributed by atoms with van der Waals surface area (Å²) in [6.07, 6.45) is 5.96. The summed E-state index contributed by atoms with van der Waals surface area (Å²) in [7, 11) is 0. The molecule has 0 unspecified atom stereocenters. The van der Waals surface area contributed by atoms with Crippen molar-refractivity contribution in [3.8, 4) is 0 Å². The summed E-state index contributed by atoms with van der Waals surface area (Å²) in [5.74, 6) is -0.368. The van der Waals surface area contributed by atoms with Gasteiger partial charge in [0.25, 0.3) is 0 Å². The summed E-state index contributed by atoms with van der Waals surface area (Å²) in [5.41, 5.74) is 7.11. The van der Waals surface area contributed by atoms with Gasteiger partial charge in [0.15, 0.2) is 0 Å². The second kappa shape index (κ2) is 7.77. The highest BCUT2D eigenvalue weighted by Crippen LogP contribution is 2.38. The van der Waals surface area contributed by atoms with Crippen LogP contribution in [-0.4, -0.2) is 18.5 Å². The molecule has 1 saturated carbocycles. The van der Waals surface area contributed by atoms with Gasteiger partial charge in [0.1, 0.15) is 5.82 Å². The highest BCUT2D eigenvalue weighted by atomic mass is 19.1. The molecule has 0 aromatic heterocycles. The average molecular weight is 321 g/mol. The van der Waals surface area contributed by atoms with Crippen molar-refractivity contribution in [1.29, 1.82) is 0 Å². The first-order valence-corrected chi connectivity index (χ1v) is 8.50. The second-order valence-corrected chi connectivity index (χ2v) is 6.98. The van der Waals surface area contributed by atoms with Gasteiger partial charge >= 0.3 is 0 Å². The van der Waals surface area contributed by atoms with Crippen molar-refractivity contribution in [1.82, 2.24) is 0 Å². The van der Waals surface area contributed by atoms with E-state index in [1.807, 2.05) is 13.8 Å². The highest BCUT2D eigenvalue weighted by Gasteiger charge is 2.33. The Kier molecular flexibility index (Phi) is 5.99. The van der Waals surface area contributed by atoms with E-state index in [1.165, 1.54) is 18.6 Å². The van der Waals surface area contributed by atoms with Crippen molar-refractivity contribution in [2.24, 2.45) is 11.1 Å². The van der Waals surface area contributed by atoms with Crippen LogP contribution in [0, 0.1) is 11.2 Å². The summed E-state index contributed by atoms with van der Waals surface area (Å²) in [6.45, 7) is 4.49. The van der Waals surface area contributed by atoms with Crippen LogP contribution in [0.3, 0.4) is 0 Å². The Morgan fingerprint density at radius 1 is 1.26 bits per heavy atom. The van der Waals surface area contributed by atoms with Crippen molar-refractivity contribution >= 4 is 17.3 Å². The third-order valence-electron chi connectivity index (χ3n) is 4.58. The van der Waals surface area contributed by atoms with Gasteiger partial charge in [-0.15, -0.1) is 0 Å². The van der Waals surface area contributed by atoms with E-state index in [2.05, 4.69) is 10.6 Å². The van der Waals surface area contributed by atoms with E-state index in [4.69, 9.17) is 5.73 Å². The topological polar surface area (TPSA) is 67.1 Å². The summed E-state index contributed by atoms with van der Waals surface area (Å²) < 4.78 is 13.5. The predicted octanol–water partition coefficient (Wildman–Crippen LogP) is 3.88. The molecule has 1 amide bonds. The van der Waals surface area contributed by atoms with Crippen LogP contribution in [0.5, 0.6) is 0 Å². The molecule has 5 heteroatoms. The van der Waals surface area contributed by atoms with Crippen molar-refractivity contribution in [2.75, 3.05) is 17.2 Å². The minimum atomic E-state index is -0.322. The number of hydrogen-bond acceptors (Lipinski definition) is 3. The Morgan fingerprint density at radius 3 is 2.57 bits per heavy atom. The SMILES string of the molecule is CC(C)Nc1cc(F)ccc1NC(=O)CC1(CN)CCCCC1. The third-order valence-corrected chi connectivity index (χ3v) is 4.58. The van der Waals surface area contributed by atoms with Crippen molar-refractivity contribution < 1.29 is 9.18 Å². The first kappa shape index (κ1) is 17.7. The zero-order valence-electron chi connectivity index (χ0n) is 14.1. The van der Waals surface area contributed by atoms with Crippen LogP contribution in [0.25, 0.3) is 0 Å². The fourth-order valence-electron chi connectivity index (χ4n) is 3.35. The molecule has 1 aliphatic rings. The molecular weight excluding hydrogens is 293 g/mol. The molecular formula is C18H28FN3O. The fraction of sp³-hybridized carbons (Fsp3) is 0.611. The van der Waals surface area contributed by atoms with E-state index in [1.54, 1.807) is 6.07 Å². The van der Waals surface area contributed by atoms with Gasteiger partial charge in [-0.1, -0.05) is 19.3 Å². The number of rotatable bonds is 6. The van der Waals surface area contributed by atoms with E-state index in [9.17, 15) is 9.18 Å². The van der Waals surface area contributed by atoms with Crippen LogP contribution in [0.4, 0.5) is 15.8 Å². The molecule has 4 nitrogen and oxygen atoms in total. The first-order chi connectivity index (χ1) is 10.9. The molecule has 1 aromatic carbocycles. The van der Waals surface area contributed by atoms with Crippen LogP contribution >= 0.6 is 0 Å². The van der Waals surface area contributed by atoms with E-state index < -0.39 is 0 Å². The maximum atomic E-state index is 13.5. The lowest BCUT2D eigenvalue weighted by Crippen LogP contribution is -2.36. The molecule has 4 N–H and O–H groups in total. The maximum Gasteiger partial charge on any atom is 0.225 e. The lowest BCUT2D eigenvalue weighted by molar-refractivity contribution is -0.118. The number of hydrogen-bond donors (Lipinski definition) is 3. The zero-order chi connectivity index (χ0) is 16.9. The van der Waals surface area contributed by atoms with Gasteiger partial charge < -0.3 is 16.4 Å². The van der Waals surface area contributed by atoms with Gasteiger partial charge in [0.05, 0.1) is 11.4 Å². The number of benzene rings is 1. The second-order valence-electron chi connectivity index (χ2n) is 6.98. The number of nitrogens with one attached hydrogen (secondary N) is 2. The molecule has 2 rings (SSSR count). The molecule has 0 saturated heterocycles. The maximum absolute atomic E-state index is 13.5. The standard InChI is InChI=1S/C18H28FN3O/c1-13(2)21-16-10-14(19)6-7-15(16)22-17(23)11-18(12-20)8-4-3-5-9-18/h6-7,10,13,21H,3-5,8-9,11-12,20H2,1-2H3,(H,22,23). The van der Waals surface area contributed by atoms with Gasteiger partial charge in [-0.2, -0.15) is 0 Å². The molecule has 0 heterocycles. The van der Waals surface area contributed by atoms with Crippen molar-refractivity contribution in [3.63, 3.8) is 0 Å². The largest absolute Gasteiger partial charge is 0.381 e. The lowest BCUT2D eigenvalue weighted by atomic mass is 9.71. The number of amides is 1. The Bertz CT molecular complexity index is 539. The molecule has 0 atom stereocenters. The quantitative estimate of drug-likeness (QED) is 0.745. The lowest BCUT2D eigenvalue weighted by Gasteiger charge is -2.35. The zero-order valence-corrected chi connectivity index (χ0v) is 14.1. The number of carbonyl (C=O) groups excluding carboxylic acids is 1. The normalized spacial score (nSPS) is 17.1. The van der Waals surface area contributed by atoms with Gasteiger partial charge in [0.2, 0.25) is 5.91 Å². The van der Waals surface area contributed by atoms with Crippen LogP contribution in [0.15, 0.2) is 18.2 Å². The average Bonchev–Trinajstić information content (AvgIpc) is 2.50. The van der Waals surface area contributed by atoms with E-state index >= 15 is 0 Å². The number of anilines is 2. The minimum absolute atomic E-state index is 0.0456. The number of halogens is 1.